The number of likely N-dealkylation sites (tertiary alicyclic amines) is 2. The molecular weight excluding hydrogens is 486 g/mol. The normalized spacial score (nSPS) is 20.9. The Morgan fingerprint density at radius 2 is 1.62 bits per heavy atom. The number of aromatic amines is 1. The number of benzene rings is 1. The number of fused-ring (bicyclic) bond motifs is 1. The molecular formula is C32H49N5O2. The zero-order chi connectivity index (χ0) is 27.4. The molecule has 0 spiro atoms. The Balaban J connectivity index is 1.02. The first kappa shape index (κ1) is 28.1. The van der Waals surface area contributed by atoms with Crippen molar-refractivity contribution in [3.8, 4) is 0 Å². The number of carbonyl (C=O) groups excluding carboxylic acids is 2. The van der Waals surface area contributed by atoms with Crippen LogP contribution >= 0.6 is 0 Å². The van der Waals surface area contributed by atoms with E-state index in [0.29, 0.717) is 29.2 Å². The molecule has 2 aromatic rings. The molecule has 0 unspecified atom stereocenters. The Labute approximate surface area is 234 Å². The number of aromatic nitrogens is 2. The van der Waals surface area contributed by atoms with Crippen molar-refractivity contribution in [2.75, 3.05) is 39.3 Å². The maximum Gasteiger partial charge on any atom is 0.253 e. The Kier molecular flexibility index (Phi) is 8.95. The molecule has 5 rings (SSSR count). The third kappa shape index (κ3) is 7.22. The summed E-state index contributed by atoms with van der Waals surface area (Å²) in [7, 11) is 0. The number of rotatable bonds is 7. The summed E-state index contributed by atoms with van der Waals surface area (Å²) in [5.74, 6) is 3.14. The molecule has 1 aliphatic carbocycles. The summed E-state index contributed by atoms with van der Waals surface area (Å²) >= 11 is 0. The smallest absolute Gasteiger partial charge is 0.253 e. The molecule has 3 aliphatic rings. The number of nitrogens with zero attached hydrogens (tertiary/aromatic N) is 3. The molecule has 7 nitrogen and oxygen atoms in total. The number of hydrogen-bond donors (Lipinski definition) is 2. The van der Waals surface area contributed by atoms with Crippen LogP contribution in [0.1, 0.15) is 101 Å². The van der Waals surface area contributed by atoms with E-state index in [9.17, 15) is 9.59 Å². The fourth-order valence-electron chi connectivity index (χ4n) is 6.77. The molecule has 1 aromatic heterocycles. The lowest BCUT2D eigenvalue weighted by molar-refractivity contribution is -0.134. The van der Waals surface area contributed by atoms with Crippen LogP contribution in [0.3, 0.4) is 0 Å². The van der Waals surface area contributed by atoms with Gasteiger partial charge in [0.15, 0.2) is 0 Å². The van der Waals surface area contributed by atoms with Crippen LogP contribution in [0.4, 0.5) is 0 Å². The maximum absolute atomic E-state index is 13.1. The zero-order valence-electron chi connectivity index (χ0n) is 24.4. The van der Waals surface area contributed by atoms with E-state index in [0.717, 1.165) is 88.2 Å². The van der Waals surface area contributed by atoms with E-state index in [2.05, 4.69) is 40.9 Å². The highest BCUT2D eigenvalue weighted by Gasteiger charge is 2.28. The van der Waals surface area contributed by atoms with Gasteiger partial charge in [-0.1, -0.05) is 46.1 Å². The number of nitrogens with one attached hydrogen (secondary N) is 2. The van der Waals surface area contributed by atoms with Gasteiger partial charge in [-0.3, -0.25) is 9.59 Å². The van der Waals surface area contributed by atoms with Crippen molar-refractivity contribution >= 4 is 22.8 Å². The Bertz CT molecular complexity index is 1110. The quantitative estimate of drug-likeness (QED) is 0.490. The molecule has 2 amide bonds. The molecule has 1 aromatic carbocycles. The van der Waals surface area contributed by atoms with Gasteiger partial charge in [0.2, 0.25) is 5.91 Å². The highest BCUT2D eigenvalue weighted by molar-refractivity contribution is 6.04. The van der Waals surface area contributed by atoms with Crippen molar-refractivity contribution in [3.05, 3.63) is 29.6 Å². The van der Waals surface area contributed by atoms with Gasteiger partial charge in [-0.15, -0.1) is 0 Å². The predicted molar refractivity (Wildman–Crippen MR) is 157 cm³/mol. The van der Waals surface area contributed by atoms with Crippen LogP contribution in [-0.2, 0) is 10.2 Å². The standard InChI is InChI=1S/C32H49N5O2/c1-32(2,3)31-34-27-11-7-10-26(29(27)35-31)30(39)33-21-24-12-16-36(17-13-24)22-25-14-18-37(19-15-25)28(38)20-23-8-5-4-6-9-23/h7,10-11,23-25H,4-6,8-9,12-22H2,1-3H3,(H,33,39)(H,34,35). The van der Waals surface area contributed by atoms with Gasteiger partial charge in [0, 0.05) is 38.0 Å². The Morgan fingerprint density at radius 1 is 0.923 bits per heavy atom. The lowest BCUT2D eigenvalue weighted by atomic mass is 9.86. The van der Waals surface area contributed by atoms with E-state index >= 15 is 0 Å². The minimum Gasteiger partial charge on any atom is -0.352 e. The van der Waals surface area contributed by atoms with Gasteiger partial charge in [-0.05, 0) is 81.5 Å². The van der Waals surface area contributed by atoms with Crippen molar-refractivity contribution in [2.45, 2.75) is 90.4 Å². The predicted octanol–water partition coefficient (Wildman–Crippen LogP) is 5.51. The SMILES string of the molecule is CC(C)(C)c1nc2c(C(=O)NCC3CCN(CC4CCN(C(=O)CC5CCCCC5)CC4)CC3)cccc2[nH]1. The van der Waals surface area contributed by atoms with Gasteiger partial charge >= 0.3 is 0 Å². The minimum atomic E-state index is -0.0936. The summed E-state index contributed by atoms with van der Waals surface area (Å²) in [6, 6.07) is 5.79. The second-order valence-electron chi connectivity index (χ2n) is 13.5. The number of hydrogen-bond acceptors (Lipinski definition) is 4. The van der Waals surface area contributed by atoms with Crippen molar-refractivity contribution in [3.63, 3.8) is 0 Å². The molecule has 0 radical (unpaired) electrons. The van der Waals surface area contributed by atoms with Gasteiger partial charge in [-0.2, -0.15) is 0 Å². The van der Waals surface area contributed by atoms with Gasteiger partial charge < -0.3 is 20.1 Å². The third-order valence-corrected chi connectivity index (χ3v) is 9.40. The number of piperidine rings is 2. The summed E-state index contributed by atoms with van der Waals surface area (Å²) in [5.41, 5.74) is 2.24. The third-order valence-electron chi connectivity index (χ3n) is 9.40. The molecule has 3 fully saturated rings. The van der Waals surface area contributed by atoms with Crippen LogP contribution in [0.15, 0.2) is 18.2 Å². The summed E-state index contributed by atoms with van der Waals surface area (Å²) in [6.07, 6.45) is 11.8. The molecule has 39 heavy (non-hydrogen) atoms. The van der Waals surface area contributed by atoms with Gasteiger partial charge in [-0.25, -0.2) is 4.98 Å². The zero-order valence-corrected chi connectivity index (χ0v) is 24.4. The molecule has 0 bridgehead atoms. The number of H-pyrrole nitrogens is 1. The van der Waals surface area contributed by atoms with Crippen LogP contribution in [-0.4, -0.2) is 70.9 Å². The number of para-hydroxylation sites is 1. The second kappa shape index (κ2) is 12.4. The monoisotopic (exact) mass is 535 g/mol. The van der Waals surface area contributed by atoms with E-state index in [1.165, 1.54) is 32.1 Å². The van der Waals surface area contributed by atoms with E-state index in [4.69, 9.17) is 4.98 Å². The largest absolute Gasteiger partial charge is 0.352 e. The van der Waals surface area contributed by atoms with Crippen molar-refractivity contribution in [1.82, 2.24) is 25.1 Å². The highest BCUT2D eigenvalue weighted by atomic mass is 16.2. The lowest BCUT2D eigenvalue weighted by Gasteiger charge is -2.38. The van der Waals surface area contributed by atoms with E-state index in [-0.39, 0.29) is 11.3 Å². The maximum atomic E-state index is 13.1. The number of imidazole rings is 1. The van der Waals surface area contributed by atoms with E-state index in [1.54, 1.807) is 0 Å². The van der Waals surface area contributed by atoms with Crippen LogP contribution in [0.2, 0.25) is 0 Å². The van der Waals surface area contributed by atoms with Crippen LogP contribution < -0.4 is 5.32 Å². The van der Waals surface area contributed by atoms with E-state index in [1.807, 2.05) is 18.2 Å². The van der Waals surface area contributed by atoms with Crippen LogP contribution in [0.25, 0.3) is 11.0 Å². The summed E-state index contributed by atoms with van der Waals surface area (Å²) < 4.78 is 0. The topological polar surface area (TPSA) is 81.3 Å². The van der Waals surface area contributed by atoms with Gasteiger partial charge in [0.05, 0.1) is 11.1 Å². The average Bonchev–Trinajstić information content (AvgIpc) is 3.39. The molecule has 0 atom stereocenters. The molecule has 2 aliphatic heterocycles. The molecule has 7 heteroatoms. The van der Waals surface area contributed by atoms with Gasteiger partial charge in [0.25, 0.3) is 5.91 Å². The molecule has 2 saturated heterocycles. The first-order valence-electron chi connectivity index (χ1n) is 15.5. The van der Waals surface area contributed by atoms with Crippen molar-refractivity contribution in [1.29, 1.82) is 0 Å². The molecule has 214 valence electrons. The average molecular weight is 536 g/mol. The summed E-state index contributed by atoms with van der Waals surface area (Å²) in [4.78, 5) is 38.8. The highest BCUT2D eigenvalue weighted by Crippen LogP contribution is 2.29. The Hall–Kier alpha value is -2.41. The first-order chi connectivity index (χ1) is 18.8. The second-order valence-corrected chi connectivity index (χ2v) is 13.5. The van der Waals surface area contributed by atoms with Crippen LogP contribution in [0.5, 0.6) is 0 Å². The fourth-order valence-corrected chi connectivity index (χ4v) is 6.77. The van der Waals surface area contributed by atoms with Gasteiger partial charge in [0.1, 0.15) is 11.3 Å². The Morgan fingerprint density at radius 3 is 2.31 bits per heavy atom. The van der Waals surface area contributed by atoms with E-state index < -0.39 is 0 Å². The fraction of sp³-hybridized carbons (Fsp3) is 0.719. The number of amides is 2. The van der Waals surface area contributed by atoms with Crippen molar-refractivity contribution in [2.24, 2.45) is 17.8 Å². The minimum absolute atomic E-state index is 0.0280. The van der Waals surface area contributed by atoms with Crippen molar-refractivity contribution < 1.29 is 9.59 Å². The number of carbonyl (C=O) groups is 2. The summed E-state index contributed by atoms with van der Waals surface area (Å²) in [5, 5.41) is 3.20. The lowest BCUT2D eigenvalue weighted by Crippen LogP contribution is -2.44. The van der Waals surface area contributed by atoms with Crippen LogP contribution in [0, 0.1) is 17.8 Å². The molecule has 2 N–H and O–H groups in total. The molecule has 1 saturated carbocycles. The first-order valence-corrected chi connectivity index (χ1v) is 15.5. The molecule has 3 heterocycles. The summed E-state index contributed by atoms with van der Waals surface area (Å²) in [6.45, 7) is 12.3.